The maximum absolute atomic E-state index is 12.5. The van der Waals surface area contributed by atoms with Gasteiger partial charge in [0.25, 0.3) is 0 Å². The molecule has 1 aromatic rings. The van der Waals surface area contributed by atoms with Crippen LogP contribution >= 0.6 is 0 Å². The van der Waals surface area contributed by atoms with E-state index in [0.29, 0.717) is 18.8 Å². The molecule has 0 fully saturated rings. The molecule has 0 amide bonds. The van der Waals surface area contributed by atoms with Crippen molar-refractivity contribution in [2.75, 3.05) is 40.5 Å². The first-order chi connectivity index (χ1) is 9.56. The molecular formula is C13H21NO5S. The summed E-state index contributed by atoms with van der Waals surface area (Å²) in [6.07, 6.45) is 0. The first-order valence-electron chi connectivity index (χ1n) is 6.24. The van der Waals surface area contributed by atoms with E-state index in [1.807, 2.05) is 0 Å². The second-order valence-corrected chi connectivity index (χ2v) is 6.13. The van der Waals surface area contributed by atoms with Gasteiger partial charge in [-0.1, -0.05) is 12.1 Å². The van der Waals surface area contributed by atoms with Crippen LogP contribution in [0.4, 0.5) is 0 Å². The van der Waals surface area contributed by atoms with Crippen LogP contribution in [0.25, 0.3) is 0 Å². The van der Waals surface area contributed by atoms with Gasteiger partial charge in [-0.2, -0.15) is 4.31 Å². The van der Waals surface area contributed by atoms with Crippen LogP contribution in [0, 0.1) is 0 Å². The van der Waals surface area contributed by atoms with Gasteiger partial charge in [0.05, 0.1) is 24.7 Å². The molecule has 0 atom stereocenters. The van der Waals surface area contributed by atoms with Crippen LogP contribution in [0.1, 0.15) is 5.56 Å². The van der Waals surface area contributed by atoms with E-state index in [9.17, 15) is 8.42 Å². The summed E-state index contributed by atoms with van der Waals surface area (Å²) in [5, 5.41) is 9.10. The smallest absolute Gasteiger partial charge is 0.243 e. The Hall–Kier alpha value is -0.990. The molecule has 0 saturated heterocycles. The number of aliphatic hydroxyl groups is 1. The molecule has 0 aromatic heterocycles. The van der Waals surface area contributed by atoms with Crippen molar-refractivity contribution in [1.82, 2.24) is 4.31 Å². The van der Waals surface area contributed by atoms with E-state index in [0.717, 1.165) is 0 Å². The number of sulfonamides is 1. The van der Waals surface area contributed by atoms with Crippen molar-refractivity contribution < 1.29 is 23.0 Å². The van der Waals surface area contributed by atoms with Gasteiger partial charge in [0, 0.05) is 27.3 Å². The summed E-state index contributed by atoms with van der Waals surface area (Å²) >= 11 is 0. The fourth-order valence-electron chi connectivity index (χ4n) is 1.69. The normalized spacial score (nSPS) is 12.0. The van der Waals surface area contributed by atoms with Crippen LogP contribution in [-0.4, -0.2) is 58.4 Å². The summed E-state index contributed by atoms with van der Waals surface area (Å²) in [4.78, 5) is 0.163. The molecule has 0 saturated carbocycles. The van der Waals surface area contributed by atoms with Crippen molar-refractivity contribution in [2.45, 2.75) is 11.5 Å². The van der Waals surface area contributed by atoms with Crippen molar-refractivity contribution in [3.63, 3.8) is 0 Å². The Morgan fingerprint density at radius 3 is 2.25 bits per heavy atom. The van der Waals surface area contributed by atoms with Gasteiger partial charge in [-0.15, -0.1) is 0 Å². The molecule has 1 rings (SSSR count). The lowest BCUT2D eigenvalue weighted by atomic mass is 10.2. The Labute approximate surface area is 120 Å². The molecule has 114 valence electrons. The predicted octanol–water partition coefficient (Wildman–Crippen LogP) is 0.462. The minimum atomic E-state index is -3.62. The quantitative estimate of drug-likeness (QED) is 0.717. The molecule has 7 heteroatoms. The molecule has 0 radical (unpaired) electrons. The van der Waals surface area contributed by atoms with Gasteiger partial charge in [-0.05, 0) is 17.7 Å². The lowest BCUT2D eigenvalue weighted by molar-refractivity contribution is 0.150. The van der Waals surface area contributed by atoms with E-state index in [2.05, 4.69) is 0 Å². The topological polar surface area (TPSA) is 76.1 Å². The van der Waals surface area contributed by atoms with Crippen LogP contribution in [0.5, 0.6) is 0 Å². The third kappa shape index (κ3) is 4.53. The molecule has 20 heavy (non-hydrogen) atoms. The van der Waals surface area contributed by atoms with Gasteiger partial charge in [0.15, 0.2) is 0 Å². The number of aliphatic hydroxyl groups excluding tert-OH is 1. The zero-order valence-electron chi connectivity index (χ0n) is 11.8. The number of methoxy groups -OCH3 is 2. The van der Waals surface area contributed by atoms with Gasteiger partial charge in [-0.3, -0.25) is 0 Å². The Morgan fingerprint density at radius 1 is 1.15 bits per heavy atom. The third-order valence-corrected chi connectivity index (χ3v) is 4.70. The molecule has 0 aliphatic carbocycles. The zero-order chi connectivity index (χ0) is 15.0. The van der Waals surface area contributed by atoms with Crippen molar-refractivity contribution >= 4 is 10.0 Å². The standard InChI is InChI=1S/C13H21NO5S/c1-18-8-6-14(7-9-19-2)20(16,17)13-5-3-4-12(10-13)11-15/h3-5,10,15H,6-9,11H2,1-2H3. The number of ether oxygens (including phenoxy) is 2. The minimum absolute atomic E-state index is 0.163. The summed E-state index contributed by atoms with van der Waals surface area (Å²) in [7, 11) is -0.573. The Balaban J connectivity index is 3.00. The molecule has 6 nitrogen and oxygen atoms in total. The Morgan fingerprint density at radius 2 is 1.75 bits per heavy atom. The Bertz CT molecular complexity index is 495. The summed E-state index contributed by atoms with van der Waals surface area (Å²) in [5.41, 5.74) is 0.560. The second kappa shape index (κ2) is 8.33. The summed E-state index contributed by atoms with van der Waals surface area (Å²) in [6, 6.07) is 6.28. The van der Waals surface area contributed by atoms with E-state index in [4.69, 9.17) is 14.6 Å². The molecule has 1 N–H and O–H groups in total. The van der Waals surface area contributed by atoms with Crippen molar-refractivity contribution in [3.8, 4) is 0 Å². The third-order valence-electron chi connectivity index (χ3n) is 2.81. The van der Waals surface area contributed by atoms with Crippen LogP contribution in [0.15, 0.2) is 29.2 Å². The summed E-state index contributed by atoms with van der Waals surface area (Å²) in [6.45, 7) is 0.932. The second-order valence-electron chi connectivity index (χ2n) is 4.20. The molecule has 0 heterocycles. The molecule has 0 spiro atoms. The summed E-state index contributed by atoms with van der Waals surface area (Å²) in [5.74, 6) is 0. The largest absolute Gasteiger partial charge is 0.392 e. The van der Waals surface area contributed by atoms with Gasteiger partial charge in [0.2, 0.25) is 10.0 Å². The number of hydrogen-bond donors (Lipinski definition) is 1. The molecule has 0 bridgehead atoms. The van der Waals surface area contributed by atoms with Gasteiger partial charge in [-0.25, -0.2) is 8.42 Å². The average molecular weight is 303 g/mol. The number of nitrogens with zero attached hydrogens (tertiary/aromatic N) is 1. The van der Waals surface area contributed by atoms with Crippen LogP contribution in [0.3, 0.4) is 0 Å². The van der Waals surface area contributed by atoms with E-state index in [1.165, 1.54) is 30.7 Å². The van der Waals surface area contributed by atoms with Crippen molar-refractivity contribution in [3.05, 3.63) is 29.8 Å². The maximum Gasteiger partial charge on any atom is 0.243 e. The van der Waals surface area contributed by atoms with Gasteiger partial charge in [0.1, 0.15) is 0 Å². The Kier molecular flexibility index (Phi) is 7.11. The van der Waals surface area contributed by atoms with E-state index in [-0.39, 0.29) is 24.6 Å². The number of hydrogen-bond acceptors (Lipinski definition) is 5. The highest BCUT2D eigenvalue weighted by Crippen LogP contribution is 2.17. The highest BCUT2D eigenvalue weighted by atomic mass is 32.2. The lowest BCUT2D eigenvalue weighted by Crippen LogP contribution is -2.36. The number of rotatable bonds is 9. The van der Waals surface area contributed by atoms with E-state index in [1.54, 1.807) is 12.1 Å². The average Bonchev–Trinajstić information content (AvgIpc) is 2.47. The predicted molar refractivity (Wildman–Crippen MR) is 74.9 cm³/mol. The van der Waals surface area contributed by atoms with Crippen LogP contribution < -0.4 is 0 Å². The van der Waals surface area contributed by atoms with Crippen LogP contribution in [-0.2, 0) is 26.1 Å². The lowest BCUT2D eigenvalue weighted by Gasteiger charge is -2.21. The molecule has 0 aliphatic rings. The van der Waals surface area contributed by atoms with Gasteiger partial charge >= 0.3 is 0 Å². The molecule has 0 aliphatic heterocycles. The zero-order valence-corrected chi connectivity index (χ0v) is 12.6. The van der Waals surface area contributed by atoms with Crippen LogP contribution in [0.2, 0.25) is 0 Å². The molecular weight excluding hydrogens is 282 g/mol. The fraction of sp³-hybridized carbons (Fsp3) is 0.538. The van der Waals surface area contributed by atoms with E-state index >= 15 is 0 Å². The monoisotopic (exact) mass is 303 g/mol. The summed E-state index contributed by atoms with van der Waals surface area (Å²) < 4.78 is 36.3. The first kappa shape index (κ1) is 17.1. The van der Waals surface area contributed by atoms with Gasteiger partial charge < -0.3 is 14.6 Å². The number of benzene rings is 1. The highest BCUT2D eigenvalue weighted by Gasteiger charge is 2.24. The SMILES string of the molecule is COCCN(CCOC)S(=O)(=O)c1cccc(CO)c1. The first-order valence-corrected chi connectivity index (χ1v) is 7.68. The maximum atomic E-state index is 12.5. The highest BCUT2D eigenvalue weighted by molar-refractivity contribution is 7.89. The van der Waals surface area contributed by atoms with Crippen molar-refractivity contribution in [2.24, 2.45) is 0 Å². The van der Waals surface area contributed by atoms with Crippen molar-refractivity contribution in [1.29, 1.82) is 0 Å². The fourth-order valence-corrected chi connectivity index (χ4v) is 3.17. The molecule has 0 unspecified atom stereocenters. The molecule has 1 aromatic carbocycles. The minimum Gasteiger partial charge on any atom is -0.392 e. The van der Waals surface area contributed by atoms with E-state index < -0.39 is 10.0 Å².